The molecule has 106 valence electrons. The van der Waals surface area contributed by atoms with E-state index < -0.39 is 0 Å². The Labute approximate surface area is 111 Å². The molecule has 2 aliphatic rings. The molecule has 0 radical (unpaired) electrons. The zero-order valence-corrected chi connectivity index (χ0v) is 11.8. The first kappa shape index (κ1) is 14.3. The van der Waals surface area contributed by atoms with E-state index in [1.165, 1.54) is 25.7 Å². The molecule has 0 aromatic rings. The smallest absolute Gasteiger partial charge is 0.0702 e. The first-order valence-corrected chi connectivity index (χ1v) is 7.38. The maximum atomic E-state index is 9.65. The van der Waals surface area contributed by atoms with Crippen molar-refractivity contribution in [3.63, 3.8) is 0 Å². The van der Waals surface area contributed by atoms with Crippen LogP contribution in [0, 0.1) is 0 Å². The predicted octanol–water partition coefficient (Wildman–Crippen LogP) is 0.990. The van der Waals surface area contributed by atoms with Crippen molar-refractivity contribution in [1.82, 2.24) is 10.2 Å². The van der Waals surface area contributed by atoms with E-state index in [4.69, 9.17) is 4.74 Å². The van der Waals surface area contributed by atoms with Crippen LogP contribution in [0.25, 0.3) is 0 Å². The highest BCUT2D eigenvalue weighted by atomic mass is 16.5. The molecule has 1 saturated carbocycles. The second kappa shape index (κ2) is 6.33. The minimum absolute atomic E-state index is 0.171. The highest BCUT2D eigenvalue weighted by molar-refractivity contribution is 4.94. The fourth-order valence-electron chi connectivity index (χ4n) is 2.74. The highest BCUT2D eigenvalue weighted by Gasteiger charge is 2.33. The Bertz CT molecular complexity index is 252. The quantitative estimate of drug-likeness (QED) is 0.680. The van der Waals surface area contributed by atoms with Gasteiger partial charge in [0.15, 0.2) is 0 Å². The second-order valence-electron chi connectivity index (χ2n) is 6.10. The van der Waals surface area contributed by atoms with Gasteiger partial charge < -0.3 is 15.2 Å². The maximum absolute atomic E-state index is 9.65. The van der Waals surface area contributed by atoms with Crippen LogP contribution in [-0.2, 0) is 4.74 Å². The van der Waals surface area contributed by atoms with E-state index in [-0.39, 0.29) is 12.1 Å². The number of nitrogens with zero attached hydrogens (tertiary/aromatic N) is 1. The lowest BCUT2D eigenvalue weighted by atomic mass is 10.0. The summed E-state index contributed by atoms with van der Waals surface area (Å²) in [6.07, 6.45) is 5.29. The molecule has 2 N–H and O–H groups in total. The Morgan fingerprint density at radius 2 is 2.17 bits per heavy atom. The summed E-state index contributed by atoms with van der Waals surface area (Å²) in [5, 5.41) is 13.2. The van der Waals surface area contributed by atoms with Crippen molar-refractivity contribution >= 4 is 0 Å². The number of aliphatic hydroxyl groups is 1. The van der Waals surface area contributed by atoms with Gasteiger partial charge in [-0.15, -0.1) is 0 Å². The van der Waals surface area contributed by atoms with E-state index in [2.05, 4.69) is 24.1 Å². The average Bonchev–Trinajstić information content (AvgIpc) is 3.02. The lowest BCUT2D eigenvalue weighted by Crippen LogP contribution is -2.55. The molecule has 0 spiro atoms. The molecule has 2 unspecified atom stereocenters. The van der Waals surface area contributed by atoms with Gasteiger partial charge in [0.2, 0.25) is 0 Å². The normalized spacial score (nSPS) is 27.7. The average molecular weight is 256 g/mol. The van der Waals surface area contributed by atoms with E-state index >= 15 is 0 Å². The molecule has 1 aliphatic heterocycles. The van der Waals surface area contributed by atoms with Crippen LogP contribution in [0.1, 0.15) is 39.5 Å². The summed E-state index contributed by atoms with van der Waals surface area (Å²) in [5.74, 6) is 0. The largest absolute Gasteiger partial charge is 0.394 e. The summed E-state index contributed by atoms with van der Waals surface area (Å²) in [7, 11) is 0. The molecule has 1 heterocycles. The molecule has 0 aromatic carbocycles. The fourth-order valence-corrected chi connectivity index (χ4v) is 2.74. The van der Waals surface area contributed by atoms with Crippen molar-refractivity contribution in [2.45, 2.75) is 57.2 Å². The summed E-state index contributed by atoms with van der Waals surface area (Å²) in [6, 6.07) is 0.628. The monoisotopic (exact) mass is 256 g/mol. The molecular weight excluding hydrogens is 228 g/mol. The number of ether oxygens (including phenoxy) is 1. The molecular formula is C14H28N2O2. The summed E-state index contributed by atoms with van der Waals surface area (Å²) in [6.45, 7) is 8.34. The molecule has 4 heteroatoms. The number of hydrogen-bond acceptors (Lipinski definition) is 4. The SMILES string of the molecule is CCN(CC1CCCO1)CC(C)(CO)NC1CC1. The minimum atomic E-state index is -0.171. The van der Waals surface area contributed by atoms with E-state index in [9.17, 15) is 5.11 Å². The van der Waals surface area contributed by atoms with E-state index in [1.54, 1.807) is 0 Å². The van der Waals surface area contributed by atoms with Gasteiger partial charge in [0.25, 0.3) is 0 Å². The van der Waals surface area contributed by atoms with Crippen LogP contribution in [0.15, 0.2) is 0 Å². The van der Waals surface area contributed by atoms with Crippen molar-refractivity contribution in [2.24, 2.45) is 0 Å². The zero-order valence-electron chi connectivity index (χ0n) is 11.8. The zero-order chi connectivity index (χ0) is 13.0. The van der Waals surface area contributed by atoms with Gasteiger partial charge in [-0.25, -0.2) is 0 Å². The number of hydrogen-bond donors (Lipinski definition) is 2. The minimum Gasteiger partial charge on any atom is -0.394 e. The van der Waals surface area contributed by atoms with Crippen molar-refractivity contribution in [3.8, 4) is 0 Å². The van der Waals surface area contributed by atoms with Crippen LogP contribution < -0.4 is 5.32 Å². The molecule has 0 aromatic heterocycles. The van der Waals surface area contributed by atoms with Crippen molar-refractivity contribution in [3.05, 3.63) is 0 Å². The Balaban J connectivity index is 1.81. The van der Waals surface area contributed by atoms with Crippen LogP contribution in [0.4, 0.5) is 0 Å². The molecule has 0 bridgehead atoms. The van der Waals surface area contributed by atoms with Crippen LogP contribution in [0.2, 0.25) is 0 Å². The Morgan fingerprint density at radius 3 is 2.67 bits per heavy atom. The fraction of sp³-hybridized carbons (Fsp3) is 1.00. The Morgan fingerprint density at radius 1 is 1.39 bits per heavy atom. The molecule has 0 amide bonds. The molecule has 18 heavy (non-hydrogen) atoms. The van der Waals surface area contributed by atoms with Gasteiger partial charge in [-0.05, 0) is 39.2 Å². The second-order valence-corrected chi connectivity index (χ2v) is 6.10. The van der Waals surface area contributed by atoms with Crippen LogP contribution >= 0.6 is 0 Å². The number of likely N-dealkylation sites (N-methyl/N-ethyl adjacent to an activating group) is 1. The van der Waals surface area contributed by atoms with Gasteiger partial charge in [0.05, 0.1) is 18.2 Å². The van der Waals surface area contributed by atoms with Crippen LogP contribution in [0.5, 0.6) is 0 Å². The van der Waals surface area contributed by atoms with E-state index in [0.29, 0.717) is 12.1 Å². The third-order valence-corrected chi connectivity index (χ3v) is 3.98. The molecule has 2 rings (SSSR count). The van der Waals surface area contributed by atoms with Gasteiger partial charge in [-0.3, -0.25) is 4.90 Å². The van der Waals surface area contributed by atoms with Gasteiger partial charge in [0.1, 0.15) is 0 Å². The van der Waals surface area contributed by atoms with Crippen molar-refractivity contribution < 1.29 is 9.84 Å². The molecule has 2 atom stereocenters. The van der Waals surface area contributed by atoms with Gasteiger partial charge in [-0.2, -0.15) is 0 Å². The first-order valence-electron chi connectivity index (χ1n) is 7.38. The topological polar surface area (TPSA) is 44.7 Å². The molecule has 2 fully saturated rings. The number of nitrogens with one attached hydrogen (secondary N) is 1. The lowest BCUT2D eigenvalue weighted by Gasteiger charge is -2.35. The highest BCUT2D eigenvalue weighted by Crippen LogP contribution is 2.23. The number of aliphatic hydroxyl groups excluding tert-OH is 1. The first-order chi connectivity index (χ1) is 8.65. The molecule has 1 saturated heterocycles. The van der Waals surface area contributed by atoms with Gasteiger partial charge in [0, 0.05) is 25.7 Å². The summed E-state index contributed by atoms with van der Waals surface area (Å²) in [4.78, 5) is 2.40. The van der Waals surface area contributed by atoms with Crippen LogP contribution in [-0.4, -0.2) is 60.5 Å². The van der Waals surface area contributed by atoms with Crippen molar-refractivity contribution in [2.75, 3.05) is 32.8 Å². The van der Waals surface area contributed by atoms with Crippen molar-refractivity contribution in [1.29, 1.82) is 0 Å². The lowest BCUT2D eigenvalue weighted by molar-refractivity contribution is 0.0544. The number of rotatable bonds is 8. The summed E-state index contributed by atoms with van der Waals surface area (Å²) >= 11 is 0. The third-order valence-electron chi connectivity index (χ3n) is 3.98. The summed E-state index contributed by atoms with van der Waals surface area (Å²) in [5.41, 5.74) is -0.171. The Kier molecular flexibility index (Phi) is 5.01. The predicted molar refractivity (Wildman–Crippen MR) is 72.7 cm³/mol. The third kappa shape index (κ3) is 4.19. The summed E-state index contributed by atoms with van der Waals surface area (Å²) < 4.78 is 5.70. The van der Waals surface area contributed by atoms with E-state index in [1.807, 2.05) is 0 Å². The molecule has 4 nitrogen and oxygen atoms in total. The van der Waals surface area contributed by atoms with E-state index in [0.717, 1.165) is 26.2 Å². The molecule has 1 aliphatic carbocycles. The van der Waals surface area contributed by atoms with Crippen LogP contribution in [0.3, 0.4) is 0 Å². The Hall–Kier alpha value is -0.160. The maximum Gasteiger partial charge on any atom is 0.0702 e. The van der Waals surface area contributed by atoms with Gasteiger partial charge in [-0.1, -0.05) is 6.92 Å². The standard InChI is InChI=1S/C14H28N2O2/c1-3-16(9-13-5-4-8-18-13)10-14(2,11-17)15-12-6-7-12/h12-13,15,17H,3-11H2,1-2H3. The van der Waals surface area contributed by atoms with Gasteiger partial charge >= 0.3 is 0 Å².